The van der Waals surface area contributed by atoms with Crippen LogP contribution in [0.4, 0.5) is 0 Å². The number of carbonyl (C=O) groups excluding carboxylic acids is 1. The third kappa shape index (κ3) is 3.88. The van der Waals surface area contributed by atoms with E-state index in [4.69, 9.17) is 0 Å². The second-order valence-electron chi connectivity index (χ2n) is 8.67. The minimum Gasteiger partial charge on any atom is -0.390 e. The number of hydrogen-bond acceptors (Lipinski definition) is 3. The molecule has 0 bridgehead atoms. The van der Waals surface area contributed by atoms with Crippen molar-refractivity contribution in [2.75, 3.05) is 26.2 Å². The fourth-order valence-corrected chi connectivity index (χ4v) is 4.92. The normalized spacial score (nSPS) is 19.9. The molecule has 1 N–H and O–H groups in total. The number of β-amino-alcohol motifs (C(OH)–C–C–N with tert-alkyl or cyclic N) is 1. The number of halogens is 1. The zero-order valence-corrected chi connectivity index (χ0v) is 18.1. The lowest BCUT2D eigenvalue weighted by molar-refractivity contribution is 0.0430. The fourth-order valence-electron chi connectivity index (χ4n) is 4.56. The first-order valence-electron chi connectivity index (χ1n) is 9.90. The van der Waals surface area contributed by atoms with Crippen LogP contribution < -0.4 is 0 Å². The Morgan fingerprint density at radius 1 is 1.14 bits per heavy atom. The van der Waals surface area contributed by atoms with Gasteiger partial charge in [-0.05, 0) is 35.2 Å². The number of amides is 1. The van der Waals surface area contributed by atoms with Crippen LogP contribution in [-0.4, -0.2) is 53.1 Å². The van der Waals surface area contributed by atoms with Gasteiger partial charge in [0.15, 0.2) is 0 Å². The van der Waals surface area contributed by atoms with Gasteiger partial charge in [-0.2, -0.15) is 0 Å². The number of fused-ring (bicyclic) bond motifs is 2. The Labute approximate surface area is 175 Å². The van der Waals surface area contributed by atoms with Crippen molar-refractivity contribution in [1.29, 1.82) is 0 Å². The predicted octanol–water partition coefficient (Wildman–Crippen LogP) is 3.60. The second kappa shape index (κ2) is 7.62. The van der Waals surface area contributed by atoms with Crippen molar-refractivity contribution in [1.82, 2.24) is 9.80 Å². The molecule has 2 heterocycles. The molecule has 2 aliphatic rings. The van der Waals surface area contributed by atoms with E-state index in [-0.39, 0.29) is 11.3 Å². The number of hydrogen-bond donors (Lipinski definition) is 1. The van der Waals surface area contributed by atoms with E-state index in [0.717, 1.165) is 35.1 Å². The molecular weight excluding hydrogens is 416 g/mol. The van der Waals surface area contributed by atoms with Gasteiger partial charge in [-0.25, -0.2) is 0 Å². The Morgan fingerprint density at radius 3 is 2.68 bits per heavy atom. The standard InChI is InChI=1S/C23H27BrN2O2/c1-23(2)15-26(22(28)20-11-18(24)7-8-21(20)23)14-19(27)13-25-10-9-16-5-3-4-6-17(16)12-25/h3-8,11,19,27H,9-10,12-15H2,1-2H3. The quantitative estimate of drug-likeness (QED) is 0.786. The molecule has 0 aliphatic carbocycles. The topological polar surface area (TPSA) is 43.8 Å². The van der Waals surface area contributed by atoms with Gasteiger partial charge in [0.05, 0.1) is 6.10 Å². The van der Waals surface area contributed by atoms with Crippen LogP contribution in [0.5, 0.6) is 0 Å². The number of aliphatic hydroxyl groups excluding tert-OH is 1. The lowest BCUT2D eigenvalue weighted by Crippen LogP contribution is -2.51. The van der Waals surface area contributed by atoms with Crippen molar-refractivity contribution in [3.8, 4) is 0 Å². The summed E-state index contributed by atoms with van der Waals surface area (Å²) in [5.41, 5.74) is 4.44. The minimum absolute atomic E-state index is 0.0127. The van der Waals surface area contributed by atoms with Crippen LogP contribution in [0.25, 0.3) is 0 Å². The van der Waals surface area contributed by atoms with Gasteiger partial charge in [0.2, 0.25) is 0 Å². The van der Waals surface area contributed by atoms with Crippen LogP contribution in [0.2, 0.25) is 0 Å². The Balaban J connectivity index is 1.44. The van der Waals surface area contributed by atoms with E-state index in [0.29, 0.717) is 19.6 Å². The van der Waals surface area contributed by atoms with Crippen LogP contribution in [0, 0.1) is 0 Å². The van der Waals surface area contributed by atoms with Crippen LogP contribution in [-0.2, 0) is 18.4 Å². The third-order valence-corrected chi connectivity index (χ3v) is 6.42. The summed E-state index contributed by atoms with van der Waals surface area (Å²) >= 11 is 3.48. The molecule has 1 amide bonds. The van der Waals surface area contributed by atoms with E-state index in [9.17, 15) is 9.90 Å². The smallest absolute Gasteiger partial charge is 0.254 e. The summed E-state index contributed by atoms with van der Waals surface area (Å²) in [7, 11) is 0. The Bertz CT molecular complexity index is 896. The van der Waals surface area contributed by atoms with Crippen molar-refractivity contribution >= 4 is 21.8 Å². The van der Waals surface area contributed by atoms with E-state index in [1.54, 1.807) is 0 Å². The van der Waals surface area contributed by atoms with Gasteiger partial charge in [-0.3, -0.25) is 9.69 Å². The number of benzene rings is 2. The first-order valence-corrected chi connectivity index (χ1v) is 10.7. The van der Waals surface area contributed by atoms with Gasteiger partial charge in [0.25, 0.3) is 5.91 Å². The summed E-state index contributed by atoms with van der Waals surface area (Å²) in [6, 6.07) is 14.4. The molecule has 2 aliphatic heterocycles. The zero-order chi connectivity index (χ0) is 19.9. The summed E-state index contributed by atoms with van der Waals surface area (Å²) in [6.45, 7) is 7.71. The van der Waals surface area contributed by atoms with Crippen molar-refractivity contribution < 1.29 is 9.90 Å². The van der Waals surface area contributed by atoms with Gasteiger partial charge in [-0.15, -0.1) is 0 Å². The number of aliphatic hydroxyl groups is 1. The van der Waals surface area contributed by atoms with E-state index in [1.807, 2.05) is 23.1 Å². The summed E-state index contributed by atoms with van der Waals surface area (Å²) in [4.78, 5) is 17.1. The average Bonchev–Trinajstić information content (AvgIpc) is 2.65. The molecule has 28 heavy (non-hydrogen) atoms. The number of nitrogens with zero attached hydrogens (tertiary/aromatic N) is 2. The lowest BCUT2D eigenvalue weighted by atomic mass is 9.78. The predicted molar refractivity (Wildman–Crippen MR) is 115 cm³/mol. The summed E-state index contributed by atoms with van der Waals surface area (Å²) in [5.74, 6) is 0.0127. The van der Waals surface area contributed by atoms with Gasteiger partial charge >= 0.3 is 0 Å². The molecule has 148 valence electrons. The highest BCUT2D eigenvalue weighted by atomic mass is 79.9. The molecule has 1 atom stereocenters. The Morgan fingerprint density at radius 2 is 1.89 bits per heavy atom. The molecule has 0 saturated heterocycles. The van der Waals surface area contributed by atoms with Crippen LogP contribution in [0.1, 0.15) is 40.9 Å². The van der Waals surface area contributed by atoms with Crippen molar-refractivity contribution in [3.05, 3.63) is 69.2 Å². The zero-order valence-electron chi connectivity index (χ0n) is 16.5. The van der Waals surface area contributed by atoms with Crippen molar-refractivity contribution in [2.45, 2.75) is 38.3 Å². The molecule has 0 spiro atoms. The molecule has 1 unspecified atom stereocenters. The van der Waals surface area contributed by atoms with E-state index in [2.05, 4.69) is 58.9 Å². The van der Waals surface area contributed by atoms with Crippen LogP contribution in [0.15, 0.2) is 46.9 Å². The van der Waals surface area contributed by atoms with E-state index in [1.165, 1.54) is 11.1 Å². The van der Waals surface area contributed by atoms with Crippen molar-refractivity contribution in [2.24, 2.45) is 0 Å². The monoisotopic (exact) mass is 442 g/mol. The molecule has 0 fully saturated rings. The van der Waals surface area contributed by atoms with Gasteiger partial charge < -0.3 is 10.0 Å². The highest BCUT2D eigenvalue weighted by molar-refractivity contribution is 9.10. The largest absolute Gasteiger partial charge is 0.390 e. The molecule has 0 radical (unpaired) electrons. The van der Waals surface area contributed by atoms with E-state index < -0.39 is 6.10 Å². The molecule has 5 heteroatoms. The molecule has 2 aromatic rings. The Hall–Kier alpha value is -1.69. The fraction of sp³-hybridized carbons (Fsp3) is 0.435. The summed E-state index contributed by atoms with van der Waals surface area (Å²) in [5, 5.41) is 10.7. The lowest BCUT2D eigenvalue weighted by Gasteiger charge is -2.41. The maximum absolute atomic E-state index is 13.0. The summed E-state index contributed by atoms with van der Waals surface area (Å²) < 4.78 is 0.907. The van der Waals surface area contributed by atoms with E-state index >= 15 is 0 Å². The van der Waals surface area contributed by atoms with Gasteiger partial charge in [-0.1, -0.05) is 60.1 Å². The third-order valence-electron chi connectivity index (χ3n) is 5.92. The molecule has 4 rings (SSSR count). The van der Waals surface area contributed by atoms with Crippen LogP contribution >= 0.6 is 15.9 Å². The van der Waals surface area contributed by atoms with Crippen LogP contribution in [0.3, 0.4) is 0 Å². The molecule has 4 nitrogen and oxygen atoms in total. The van der Waals surface area contributed by atoms with Crippen molar-refractivity contribution in [3.63, 3.8) is 0 Å². The molecule has 0 aromatic heterocycles. The second-order valence-corrected chi connectivity index (χ2v) is 9.58. The molecule has 0 saturated carbocycles. The first kappa shape index (κ1) is 19.6. The van der Waals surface area contributed by atoms with Gasteiger partial charge in [0, 0.05) is 48.2 Å². The minimum atomic E-state index is -0.557. The highest BCUT2D eigenvalue weighted by Gasteiger charge is 2.37. The SMILES string of the molecule is CC1(C)CN(CC(O)CN2CCc3ccccc3C2)C(=O)c2cc(Br)ccc21. The number of carbonyl (C=O) groups is 1. The average molecular weight is 443 g/mol. The molecular formula is C23H27BrN2O2. The Kier molecular flexibility index (Phi) is 5.34. The molecule has 2 aromatic carbocycles. The highest BCUT2D eigenvalue weighted by Crippen LogP contribution is 2.34. The maximum atomic E-state index is 13.0. The summed E-state index contributed by atoms with van der Waals surface area (Å²) in [6.07, 6.45) is 0.457. The maximum Gasteiger partial charge on any atom is 0.254 e. The number of rotatable bonds is 4. The first-order chi connectivity index (χ1) is 13.3. The van der Waals surface area contributed by atoms with Gasteiger partial charge in [0.1, 0.15) is 0 Å².